The van der Waals surface area contributed by atoms with E-state index in [9.17, 15) is 4.79 Å². The zero-order chi connectivity index (χ0) is 13.0. The van der Waals surface area contributed by atoms with E-state index in [4.69, 9.17) is 0 Å². The van der Waals surface area contributed by atoms with Crippen molar-refractivity contribution in [3.05, 3.63) is 24.0 Å². The van der Waals surface area contributed by atoms with Gasteiger partial charge in [0.25, 0.3) is 0 Å². The van der Waals surface area contributed by atoms with Gasteiger partial charge in [0.1, 0.15) is 0 Å². The molecule has 4 nitrogen and oxygen atoms in total. The molecule has 1 aliphatic rings. The Labute approximate surface area is 108 Å². The maximum absolute atomic E-state index is 11.9. The van der Waals surface area contributed by atoms with Crippen LogP contribution in [0.5, 0.6) is 0 Å². The zero-order valence-electron chi connectivity index (χ0n) is 11.1. The average Bonchev–Trinajstić information content (AvgIpc) is 2.63. The van der Waals surface area contributed by atoms with Crippen molar-refractivity contribution >= 4 is 11.6 Å². The van der Waals surface area contributed by atoms with E-state index in [1.165, 1.54) is 0 Å². The molecule has 1 unspecified atom stereocenters. The summed E-state index contributed by atoms with van der Waals surface area (Å²) >= 11 is 0. The van der Waals surface area contributed by atoms with Crippen LogP contribution in [0.1, 0.15) is 38.3 Å². The van der Waals surface area contributed by atoms with Gasteiger partial charge in [0.05, 0.1) is 11.9 Å². The molecule has 2 heterocycles. The topological polar surface area (TPSA) is 45.2 Å². The average molecular weight is 247 g/mol. The van der Waals surface area contributed by atoms with Gasteiger partial charge in [-0.2, -0.15) is 0 Å². The van der Waals surface area contributed by atoms with Crippen molar-refractivity contribution in [2.45, 2.75) is 32.6 Å². The minimum atomic E-state index is 0.179. The van der Waals surface area contributed by atoms with Crippen molar-refractivity contribution in [1.29, 1.82) is 0 Å². The van der Waals surface area contributed by atoms with Crippen LogP contribution in [0.3, 0.4) is 0 Å². The fourth-order valence-corrected chi connectivity index (χ4v) is 2.10. The first-order chi connectivity index (χ1) is 8.72. The molecule has 98 valence electrons. The molecule has 2 rings (SSSR count). The molecule has 1 aromatic rings. The number of anilines is 1. The SMILES string of the molecule is CCC(C)c1ccc(N2CCNCCC2=O)cn1. The molecule has 1 atom stereocenters. The van der Waals surface area contributed by atoms with Crippen LogP contribution in [0.15, 0.2) is 18.3 Å². The summed E-state index contributed by atoms with van der Waals surface area (Å²) in [5, 5.41) is 3.23. The van der Waals surface area contributed by atoms with Crippen LogP contribution >= 0.6 is 0 Å². The molecule has 0 aromatic carbocycles. The van der Waals surface area contributed by atoms with Gasteiger partial charge >= 0.3 is 0 Å². The second-order valence-electron chi connectivity index (χ2n) is 4.80. The molecule has 0 bridgehead atoms. The Morgan fingerprint density at radius 3 is 2.94 bits per heavy atom. The number of amides is 1. The molecule has 1 saturated heterocycles. The highest BCUT2D eigenvalue weighted by atomic mass is 16.2. The van der Waals surface area contributed by atoms with Gasteiger partial charge in [-0.15, -0.1) is 0 Å². The molecular weight excluding hydrogens is 226 g/mol. The second kappa shape index (κ2) is 5.96. The fraction of sp³-hybridized carbons (Fsp3) is 0.571. The number of pyridine rings is 1. The maximum atomic E-state index is 11.9. The third-order valence-electron chi connectivity index (χ3n) is 3.53. The number of carbonyl (C=O) groups is 1. The highest BCUT2D eigenvalue weighted by Gasteiger charge is 2.18. The van der Waals surface area contributed by atoms with Crippen LogP contribution < -0.4 is 10.2 Å². The van der Waals surface area contributed by atoms with Gasteiger partial charge in [-0.05, 0) is 24.5 Å². The Morgan fingerprint density at radius 2 is 2.28 bits per heavy atom. The van der Waals surface area contributed by atoms with Gasteiger partial charge in [0.2, 0.25) is 5.91 Å². The zero-order valence-corrected chi connectivity index (χ0v) is 11.1. The summed E-state index contributed by atoms with van der Waals surface area (Å²) in [5.74, 6) is 0.652. The Hall–Kier alpha value is -1.42. The smallest absolute Gasteiger partial charge is 0.228 e. The Bertz CT molecular complexity index is 402. The van der Waals surface area contributed by atoms with Crippen molar-refractivity contribution in [2.24, 2.45) is 0 Å². The van der Waals surface area contributed by atoms with Crippen LogP contribution in [0.4, 0.5) is 5.69 Å². The number of nitrogens with zero attached hydrogens (tertiary/aromatic N) is 2. The van der Waals surface area contributed by atoms with Crippen molar-refractivity contribution < 1.29 is 4.79 Å². The van der Waals surface area contributed by atoms with E-state index in [0.717, 1.165) is 37.4 Å². The van der Waals surface area contributed by atoms with Crippen molar-refractivity contribution in [3.63, 3.8) is 0 Å². The lowest BCUT2D eigenvalue weighted by Crippen LogP contribution is -2.32. The third kappa shape index (κ3) is 2.88. The molecule has 0 saturated carbocycles. The monoisotopic (exact) mass is 247 g/mol. The normalized spacial score (nSPS) is 18.6. The van der Waals surface area contributed by atoms with Gasteiger partial charge in [-0.25, -0.2) is 0 Å². The summed E-state index contributed by atoms with van der Waals surface area (Å²) in [6.07, 6.45) is 3.47. The lowest BCUT2D eigenvalue weighted by Gasteiger charge is -2.20. The van der Waals surface area contributed by atoms with E-state index < -0.39 is 0 Å². The molecule has 1 fully saturated rings. The van der Waals surface area contributed by atoms with E-state index in [0.29, 0.717) is 12.3 Å². The summed E-state index contributed by atoms with van der Waals surface area (Å²) in [6.45, 7) is 6.67. The maximum Gasteiger partial charge on any atom is 0.228 e. The molecule has 1 N–H and O–H groups in total. The number of aromatic nitrogens is 1. The number of hydrogen-bond donors (Lipinski definition) is 1. The molecule has 0 radical (unpaired) electrons. The minimum absolute atomic E-state index is 0.179. The van der Waals surface area contributed by atoms with E-state index in [1.54, 1.807) is 0 Å². The van der Waals surface area contributed by atoms with Crippen molar-refractivity contribution in [2.75, 3.05) is 24.5 Å². The first-order valence-electron chi connectivity index (χ1n) is 6.69. The predicted molar refractivity (Wildman–Crippen MR) is 72.8 cm³/mol. The predicted octanol–water partition coefficient (Wildman–Crippen LogP) is 1.92. The van der Waals surface area contributed by atoms with E-state index >= 15 is 0 Å². The number of carbonyl (C=O) groups excluding carboxylic acids is 1. The van der Waals surface area contributed by atoms with Crippen molar-refractivity contribution in [3.8, 4) is 0 Å². The van der Waals surface area contributed by atoms with Gasteiger partial charge in [0, 0.05) is 31.7 Å². The quantitative estimate of drug-likeness (QED) is 0.887. The van der Waals surface area contributed by atoms with Gasteiger partial charge in [-0.1, -0.05) is 13.8 Å². The minimum Gasteiger partial charge on any atom is -0.314 e. The summed E-state index contributed by atoms with van der Waals surface area (Å²) in [4.78, 5) is 18.3. The Morgan fingerprint density at radius 1 is 1.44 bits per heavy atom. The summed E-state index contributed by atoms with van der Waals surface area (Å²) < 4.78 is 0. The van der Waals surface area contributed by atoms with E-state index in [2.05, 4.69) is 24.1 Å². The summed E-state index contributed by atoms with van der Waals surface area (Å²) in [5.41, 5.74) is 2.01. The fourth-order valence-electron chi connectivity index (χ4n) is 2.10. The summed E-state index contributed by atoms with van der Waals surface area (Å²) in [6, 6.07) is 4.05. The van der Waals surface area contributed by atoms with Crippen LogP contribution in [0.2, 0.25) is 0 Å². The molecule has 4 heteroatoms. The standard InChI is InChI=1S/C14H21N3O/c1-3-11(2)13-5-4-12(10-16-13)17-9-8-15-7-6-14(17)18/h4-5,10-11,15H,3,6-9H2,1-2H3. The molecule has 18 heavy (non-hydrogen) atoms. The largest absolute Gasteiger partial charge is 0.314 e. The van der Waals surface area contributed by atoms with Crippen molar-refractivity contribution in [1.82, 2.24) is 10.3 Å². The number of rotatable bonds is 3. The van der Waals surface area contributed by atoms with Gasteiger partial charge in [0.15, 0.2) is 0 Å². The van der Waals surface area contributed by atoms with Gasteiger partial charge < -0.3 is 10.2 Å². The molecule has 0 aliphatic carbocycles. The highest BCUT2D eigenvalue weighted by molar-refractivity contribution is 5.93. The first-order valence-corrected chi connectivity index (χ1v) is 6.69. The molecule has 0 spiro atoms. The Kier molecular flexibility index (Phi) is 4.31. The van der Waals surface area contributed by atoms with Crippen LogP contribution in [-0.2, 0) is 4.79 Å². The van der Waals surface area contributed by atoms with Crippen LogP contribution in [0, 0.1) is 0 Å². The number of nitrogens with one attached hydrogen (secondary N) is 1. The van der Waals surface area contributed by atoms with Gasteiger partial charge in [-0.3, -0.25) is 9.78 Å². The van der Waals surface area contributed by atoms with Crippen LogP contribution in [0.25, 0.3) is 0 Å². The van der Waals surface area contributed by atoms with E-state index in [-0.39, 0.29) is 5.91 Å². The molecular formula is C14H21N3O. The second-order valence-corrected chi connectivity index (χ2v) is 4.80. The molecule has 1 amide bonds. The lowest BCUT2D eigenvalue weighted by atomic mass is 10.0. The summed E-state index contributed by atoms with van der Waals surface area (Å²) in [7, 11) is 0. The molecule has 1 aromatic heterocycles. The van der Waals surface area contributed by atoms with Crippen LogP contribution in [-0.4, -0.2) is 30.5 Å². The third-order valence-corrected chi connectivity index (χ3v) is 3.53. The number of hydrogen-bond acceptors (Lipinski definition) is 3. The highest BCUT2D eigenvalue weighted by Crippen LogP contribution is 2.20. The Balaban J connectivity index is 2.15. The lowest BCUT2D eigenvalue weighted by molar-refractivity contribution is -0.118. The first kappa shape index (κ1) is 13.0. The molecule has 1 aliphatic heterocycles. The van der Waals surface area contributed by atoms with E-state index in [1.807, 2.05) is 23.2 Å².